The van der Waals surface area contributed by atoms with Gasteiger partial charge in [0.15, 0.2) is 0 Å². The van der Waals surface area contributed by atoms with Crippen LogP contribution in [0.25, 0.3) is 11.1 Å². The lowest BCUT2D eigenvalue weighted by Crippen LogP contribution is -2.54. The Hall–Kier alpha value is -3.35. The van der Waals surface area contributed by atoms with Gasteiger partial charge in [0, 0.05) is 12.0 Å². The average molecular weight is 437 g/mol. The van der Waals surface area contributed by atoms with E-state index < -0.39 is 24.1 Å². The van der Waals surface area contributed by atoms with Crippen LogP contribution in [0.4, 0.5) is 4.79 Å². The van der Waals surface area contributed by atoms with E-state index >= 15 is 0 Å². The maximum atomic E-state index is 12.7. The Bertz CT molecular complexity index is 971. The van der Waals surface area contributed by atoms with E-state index in [4.69, 9.17) is 9.84 Å². The van der Waals surface area contributed by atoms with Gasteiger partial charge < -0.3 is 20.5 Å². The third-order valence-corrected chi connectivity index (χ3v) is 6.39. The van der Waals surface area contributed by atoms with E-state index in [9.17, 15) is 14.4 Å². The third kappa shape index (κ3) is 4.61. The van der Waals surface area contributed by atoms with Crippen molar-refractivity contribution in [3.8, 4) is 11.1 Å². The Morgan fingerprint density at radius 3 is 2.12 bits per heavy atom. The molecule has 0 saturated heterocycles. The van der Waals surface area contributed by atoms with Crippen molar-refractivity contribution < 1.29 is 24.2 Å². The summed E-state index contributed by atoms with van der Waals surface area (Å²) in [7, 11) is 0. The fourth-order valence-electron chi connectivity index (χ4n) is 4.58. The maximum Gasteiger partial charge on any atom is 0.407 e. The Morgan fingerprint density at radius 2 is 1.59 bits per heavy atom. The number of fused-ring (bicyclic) bond motifs is 3. The summed E-state index contributed by atoms with van der Waals surface area (Å²) in [5, 5.41) is 14.3. The Kier molecular flexibility index (Phi) is 6.44. The summed E-state index contributed by atoms with van der Waals surface area (Å²) in [6.07, 6.45) is 1.88. The monoisotopic (exact) mass is 436 g/mol. The second kappa shape index (κ2) is 9.42. The minimum Gasteiger partial charge on any atom is -0.481 e. The quantitative estimate of drug-likeness (QED) is 0.586. The molecule has 2 aromatic rings. The number of alkyl carbamates (subject to hydrolysis) is 1. The molecule has 2 aliphatic rings. The molecule has 2 amide bonds. The van der Waals surface area contributed by atoms with E-state index in [2.05, 4.69) is 34.9 Å². The lowest BCUT2D eigenvalue weighted by atomic mass is 9.79. The predicted octanol–water partition coefficient (Wildman–Crippen LogP) is 3.67. The van der Waals surface area contributed by atoms with E-state index in [0.29, 0.717) is 0 Å². The van der Waals surface area contributed by atoms with Crippen molar-refractivity contribution in [1.29, 1.82) is 0 Å². The summed E-state index contributed by atoms with van der Waals surface area (Å²) in [6, 6.07) is 15.0. The SMILES string of the molecule is CC(CC(=O)O)NC(=O)C(NC(=O)OCC1c2ccccc2-c2ccccc21)C1CCC1. The van der Waals surface area contributed by atoms with Crippen LogP contribution in [0.1, 0.15) is 49.7 Å². The number of carboxylic acid groups (broad SMARTS) is 1. The number of carbonyl (C=O) groups excluding carboxylic acids is 2. The third-order valence-electron chi connectivity index (χ3n) is 6.39. The summed E-state index contributed by atoms with van der Waals surface area (Å²) in [5.41, 5.74) is 4.54. The smallest absolute Gasteiger partial charge is 0.407 e. The number of hydrogen-bond acceptors (Lipinski definition) is 4. The van der Waals surface area contributed by atoms with Crippen LogP contribution in [0.3, 0.4) is 0 Å². The van der Waals surface area contributed by atoms with Gasteiger partial charge >= 0.3 is 12.1 Å². The number of amides is 2. The highest BCUT2D eigenvalue weighted by Gasteiger charge is 2.35. The number of carboxylic acids is 1. The van der Waals surface area contributed by atoms with Gasteiger partial charge in [-0.25, -0.2) is 4.79 Å². The largest absolute Gasteiger partial charge is 0.481 e. The van der Waals surface area contributed by atoms with Crippen molar-refractivity contribution in [3.63, 3.8) is 0 Å². The Morgan fingerprint density at radius 1 is 1.00 bits per heavy atom. The molecule has 2 aromatic carbocycles. The highest BCUT2D eigenvalue weighted by molar-refractivity contribution is 5.86. The fourth-order valence-corrected chi connectivity index (χ4v) is 4.58. The van der Waals surface area contributed by atoms with E-state index in [1.807, 2.05) is 24.3 Å². The van der Waals surface area contributed by atoms with E-state index in [1.54, 1.807) is 6.92 Å². The molecule has 0 aromatic heterocycles. The van der Waals surface area contributed by atoms with Gasteiger partial charge in [-0.15, -0.1) is 0 Å². The number of benzene rings is 2. The first-order chi connectivity index (χ1) is 15.4. The fraction of sp³-hybridized carbons (Fsp3) is 0.400. The summed E-state index contributed by atoms with van der Waals surface area (Å²) in [6.45, 7) is 1.81. The summed E-state index contributed by atoms with van der Waals surface area (Å²) in [5.74, 6) is -1.37. The van der Waals surface area contributed by atoms with Crippen LogP contribution in [0, 0.1) is 5.92 Å². The molecule has 0 heterocycles. The molecule has 4 rings (SSSR count). The van der Waals surface area contributed by atoms with Crippen LogP contribution in [0.15, 0.2) is 48.5 Å². The first kappa shape index (κ1) is 21.9. The van der Waals surface area contributed by atoms with Crippen molar-refractivity contribution in [2.75, 3.05) is 6.61 Å². The summed E-state index contributed by atoms with van der Waals surface area (Å²) >= 11 is 0. The van der Waals surface area contributed by atoms with Gasteiger partial charge in [-0.3, -0.25) is 9.59 Å². The first-order valence-electron chi connectivity index (χ1n) is 11.1. The molecule has 168 valence electrons. The van der Waals surface area contributed by atoms with Crippen molar-refractivity contribution >= 4 is 18.0 Å². The molecule has 7 nitrogen and oxygen atoms in total. The van der Waals surface area contributed by atoms with Crippen LogP contribution >= 0.6 is 0 Å². The van der Waals surface area contributed by atoms with Crippen molar-refractivity contribution in [1.82, 2.24) is 10.6 Å². The average Bonchev–Trinajstić information content (AvgIpc) is 3.03. The van der Waals surface area contributed by atoms with E-state index in [-0.39, 0.29) is 30.8 Å². The zero-order valence-corrected chi connectivity index (χ0v) is 18.0. The molecule has 0 bridgehead atoms. The lowest BCUT2D eigenvalue weighted by molar-refractivity contribution is -0.137. The molecular formula is C25H28N2O5. The van der Waals surface area contributed by atoms with Gasteiger partial charge in [0.05, 0.1) is 6.42 Å². The minimum atomic E-state index is -0.984. The molecule has 0 radical (unpaired) electrons. The van der Waals surface area contributed by atoms with E-state index in [1.165, 1.54) is 0 Å². The molecule has 3 N–H and O–H groups in total. The first-order valence-corrected chi connectivity index (χ1v) is 11.1. The van der Waals surface area contributed by atoms with Gasteiger partial charge in [0.1, 0.15) is 12.6 Å². The lowest BCUT2D eigenvalue weighted by Gasteiger charge is -2.33. The number of carbonyl (C=O) groups is 3. The normalized spacial score (nSPS) is 16.8. The van der Waals surface area contributed by atoms with Crippen LogP contribution < -0.4 is 10.6 Å². The van der Waals surface area contributed by atoms with Crippen LogP contribution in [-0.2, 0) is 14.3 Å². The minimum absolute atomic E-state index is 0.0347. The van der Waals surface area contributed by atoms with Crippen molar-refractivity contribution in [2.45, 2.75) is 50.6 Å². The molecule has 32 heavy (non-hydrogen) atoms. The van der Waals surface area contributed by atoms with Crippen molar-refractivity contribution in [3.05, 3.63) is 59.7 Å². The van der Waals surface area contributed by atoms with Gasteiger partial charge in [0.25, 0.3) is 0 Å². The molecule has 1 fully saturated rings. The topological polar surface area (TPSA) is 105 Å². The highest BCUT2D eigenvalue weighted by atomic mass is 16.5. The summed E-state index contributed by atoms with van der Waals surface area (Å²) in [4.78, 5) is 36.2. The molecule has 2 atom stereocenters. The molecule has 1 saturated carbocycles. The van der Waals surface area contributed by atoms with Crippen molar-refractivity contribution in [2.24, 2.45) is 5.92 Å². The number of ether oxygens (including phenoxy) is 1. The van der Waals surface area contributed by atoms with Gasteiger partial charge in [-0.1, -0.05) is 55.0 Å². The van der Waals surface area contributed by atoms with Gasteiger partial charge in [-0.2, -0.15) is 0 Å². The number of aliphatic carboxylic acids is 1. The standard InChI is InChI=1S/C25H28N2O5/c1-15(13-22(28)29)26-24(30)23(16-7-6-8-16)27-25(31)32-14-21-19-11-4-2-9-17(19)18-10-3-5-12-20(18)21/h2-5,9-12,15-16,21,23H,6-8,13-14H2,1H3,(H,26,30)(H,27,31)(H,28,29). The molecular weight excluding hydrogens is 408 g/mol. The molecule has 2 aliphatic carbocycles. The predicted molar refractivity (Wildman–Crippen MR) is 119 cm³/mol. The van der Waals surface area contributed by atoms with Crippen LogP contribution in [0.5, 0.6) is 0 Å². The second-order valence-electron chi connectivity index (χ2n) is 8.65. The molecule has 7 heteroatoms. The Labute approximate surface area is 187 Å². The van der Waals surface area contributed by atoms with Gasteiger partial charge in [0.2, 0.25) is 5.91 Å². The van der Waals surface area contributed by atoms with Crippen LogP contribution in [0.2, 0.25) is 0 Å². The number of nitrogens with one attached hydrogen (secondary N) is 2. The van der Waals surface area contributed by atoms with Crippen LogP contribution in [-0.4, -0.2) is 41.8 Å². The molecule has 0 spiro atoms. The molecule has 2 unspecified atom stereocenters. The Balaban J connectivity index is 1.40. The van der Waals surface area contributed by atoms with E-state index in [0.717, 1.165) is 41.5 Å². The maximum absolute atomic E-state index is 12.7. The zero-order chi connectivity index (χ0) is 22.7. The van der Waals surface area contributed by atoms with Gasteiger partial charge in [-0.05, 0) is 47.9 Å². The zero-order valence-electron chi connectivity index (χ0n) is 18.0. The number of rotatable bonds is 8. The number of hydrogen-bond donors (Lipinski definition) is 3. The summed E-state index contributed by atoms with van der Waals surface area (Å²) < 4.78 is 5.58. The molecule has 0 aliphatic heterocycles. The highest BCUT2D eigenvalue weighted by Crippen LogP contribution is 2.44. The second-order valence-corrected chi connectivity index (χ2v) is 8.65.